The van der Waals surface area contributed by atoms with Gasteiger partial charge in [0.1, 0.15) is 5.82 Å². The van der Waals surface area contributed by atoms with Gasteiger partial charge in [0.25, 0.3) is 0 Å². The van der Waals surface area contributed by atoms with Crippen molar-refractivity contribution < 1.29 is 4.39 Å². The number of hydrogen-bond donors (Lipinski definition) is 1. The molecule has 2 nitrogen and oxygen atoms in total. The fourth-order valence-electron chi connectivity index (χ4n) is 1.33. The summed E-state index contributed by atoms with van der Waals surface area (Å²) in [7, 11) is 0. The zero-order valence-corrected chi connectivity index (χ0v) is 7.63. The Kier molecular flexibility index (Phi) is 2.58. The number of rotatable bonds is 3. The summed E-state index contributed by atoms with van der Waals surface area (Å²) >= 11 is 0. The molecule has 0 atom stereocenters. The minimum absolute atomic E-state index is 0.349. The van der Waals surface area contributed by atoms with Crippen LogP contribution in [0.4, 0.5) is 4.39 Å². The zero-order chi connectivity index (χ0) is 9.80. The van der Waals surface area contributed by atoms with Gasteiger partial charge in [-0.3, -0.25) is 4.39 Å². The van der Waals surface area contributed by atoms with Crippen LogP contribution in [-0.4, -0.2) is 16.6 Å². The molecule has 1 radical (unpaired) electrons. The molecule has 1 N–H and O–H groups in total. The maximum Gasteiger partial charge on any atom is 0.137 e. The molecular formula is C11H10FN2. The number of aromatic amines is 1. The molecular weight excluding hydrogens is 179 g/mol. The third-order valence-corrected chi connectivity index (χ3v) is 2.00. The van der Waals surface area contributed by atoms with Crippen LogP contribution in [0.5, 0.6) is 0 Å². The van der Waals surface area contributed by atoms with E-state index >= 15 is 0 Å². The molecule has 0 aliphatic rings. The van der Waals surface area contributed by atoms with Crippen molar-refractivity contribution in [2.45, 2.75) is 6.42 Å². The normalized spacial score (nSPS) is 10.4. The topological polar surface area (TPSA) is 28.7 Å². The van der Waals surface area contributed by atoms with Crippen molar-refractivity contribution in [2.75, 3.05) is 6.67 Å². The van der Waals surface area contributed by atoms with Gasteiger partial charge in [0.2, 0.25) is 0 Å². The fraction of sp³-hybridized carbons (Fsp3) is 0.182. The smallest absolute Gasteiger partial charge is 0.137 e. The third kappa shape index (κ3) is 1.82. The first-order valence-electron chi connectivity index (χ1n) is 4.46. The van der Waals surface area contributed by atoms with Gasteiger partial charge < -0.3 is 4.98 Å². The molecule has 0 spiro atoms. The molecule has 0 fully saturated rings. The Balaban J connectivity index is 2.31. The summed E-state index contributed by atoms with van der Waals surface area (Å²) in [5.74, 6) is 0.805. The van der Waals surface area contributed by atoms with Crippen LogP contribution in [0.25, 0.3) is 11.4 Å². The average molecular weight is 189 g/mol. The van der Waals surface area contributed by atoms with E-state index in [9.17, 15) is 4.39 Å². The second-order valence-electron chi connectivity index (χ2n) is 2.98. The molecule has 1 aromatic heterocycles. The predicted octanol–water partition coefficient (Wildman–Crippen LogP) is 2.39. The maximum atomic E-state index is 12.1. The standard InChI is InChI=1S/C11H10FN2/c12-5-4-9-2-1-3-10(8-9)11-13-6-7-14-11/h1,3,6-8H,4-5H2,(H,13,14). The van der Waals surface area contributed by atoms with E-state index in [1.54, 1.807) is 18.5 Å². The van der Waals surface area contributed by atoms with Crippen LogP contribution >= 0.6 is 0 Å². The van der Waals surface area contributed by atoms with Gasteiger partial charge in [-0.1, -0.05) is 12.1 Å². The van der Waals surface area contributed by atoms with E-state index in [-0.39, 0.29) is 6.67 Å². The van der Waals surface area contributed by atoms with E-state index in [1.165, 1.54) is 0 Å². The number of nitrogens with zero attached hydrogens (tertiary/aromatic N) is 1. The lowest BCUT2D eigenvalue weighted by Crippen LogP contribution is -1.88. The Morgan fingerprint density at radius 1 is 1.50 bits per heavy atom. The highest BCUT2D eigenvalue weighted by Gasteiger charge is 2.00. The second kappa shape index (κ2) is 4.05. The van der Waals surface area contributed by atoms with Crippen molar-refractivity contribution in [3.05, 3.63) is 42.2 Å². The van der Waals surface area contributed by atoms with Gasteiger partial charge in [-0.05, 0) is 17.7 Å². The molecule has 0 amide bonds. The fourth-order valence-corrected chi connectivity index (χ4v) is 1.33. The van der Waals surface area contributed by atoms with Crippen molar-refractivity contribution in [3.63, 3.8) is 0 Å². The summed E-state index contributed by atoms with van der Waals surface area (Å²) in [5, 5.41) is 0. The van der Waals surface area contributed by atoms with E-state index < -0.39 is 0 Å². The van der Waals surface area contributed by atoms with E-state index in [2.05, 4.69) is 16.0 Å². The molecule has 0 aliphatic heterocycles. The van der Waals surface area contributed by atoms with Gasteiger partial charge in [-0.2, -0.15) is 0 Å². The Morgan fingerprint density at radius 2 is 2.43 bits per heavy atom. The van der Waals surface area contributed by atoms with Gasteiger partial charge in [-0.15, -0.1) is 0 Å². The van der Waals surface area contributed by atoms with Crippen LogP contribution in [0.3, 0.4) is 0 Å². The molecule has 14 heavy (non-hydrogen) atoms. The molecule has 0 unspecified atom stereocenters. The maximum absolute atomic E-state index is 12.1. The van der Waals surface area contributed by atoms with Crippen molar-refractivity contribution >= 4 is 0 Å². The Hall–Kier alpha value is -1.64. The Morgan fingerprint density at radius 3 is 3.14 bits per heavy atom. The molecule has 2 aromatic rings. The lowest BCUT2D eigenvalue weighted by Gasteiger charge is -2.00. The molecule has 1 aromatic carbocycles. The van der Waals surface area contributed by atoms with E-state index in [0.29, 0.717) is 6.42 Å². The van der Waals surface area contributed by atoms with Crippen LogP contribution in [0, 0.1) is 6.07 Å². The van der Waals surface area contributed by atoms with Gasteiger partial charge in [0, 0.05) is 24.4 Å². The average Bonchev–Trinajstić information content (AvgIpc) is 2.71. The highest BCUT2D eigenvalue weighted by Crippen LogP contribution is 2.15. The van der Waals surface area contributed by atoms with Crippen molar-refractivity contribution in [3.8, 4) is 11.4 Å². The lowest BCUT2D eigenvalue weighted by atomic mass is 10.1. The number of hydrogen-bond acceptors (Lipinski definition) is 1. The number of H-pyrrole nitrogens is 1. The first kappa shape index (κ1) is 8.94. The first-order chi connectivity index (χ1) is 6.90. The van der Waals surface area contributed by atoms with Crippen LogP contribution in [0.1, 0.15) is 5.56 Å². The van der Waals surface area contributed by atoms with Gasteiger partial charge in [0.05, 0.1) is 6.67 Å². The highest BCUT2D eigenvalue weighted by atomic mass is 19.1. The van der Waals surface area contributed by atoms with Crippen molar-refractivity contribution in [1.82, 2.24) is 9.97 Å². The third-order valence-electron chi connectivity index (χ3n) is 2.00. The first-order valence-corrected chi connectivity index (χ1v) is 4.46. The van der Waals surface area contributed by atoms with E-state index in [0.717, 1.165) is 17.0 Å². The largest absolute Gasteiger partial charge is 0.345 e. The zero-order valence-electron chi connectivity index (χ0n) is 7.63. The van der Waals surface area contributed by atoms with Crippen molar-refractivity contribution in [2.24, 2.45) is 0 Å². The van der Waals surface area contributed by atoms with Gasteiger partial charge in [0.15, 0.2) is 0 Å². The number of nitrogens with one attached hydrogen (secondary N) is 1. The highest BCUT2D eigenvalue weighted by molar-refractivity contribution is 5.55. The predicted molar refractivity (Wildman–Crippen MR) is 52.5 cm³/mol. The molecule has 0 aliphatic carbocycles. The summed E-state index contributed by atoms with van der Waals surface area (Å²) in [6, 6.07) is 8.59. The van der Waals surface area contributed by atoms with Crippen molar-refractivity contribution in [1.29, 1.82) is 0 Å². The van der Waals surface area contributed by atoms with Gasteiger partial charge >= 0.3 is 0 Å². The van der Waals surface area contributed by atoms with Crippen LogP contribution in [-0.2, 0) is 6.42 Å². The molecule has 1 heterocycles. The summed E-state index contributed by atoms with van der Waals surface area (Å²) in [4.78, 5) is 7.13. The Bertz CT molecular complexity index is 395. The molecule has 0 saturated carbocycles. The SMILES string of the molecule is FCCc1[c]ccc(-c2ncc[nH]2)c1. The van der Waals surface area contributed by atoms with E-state index in [1.807, 2.05) is 12.1 Å². The van der Waals surface area contributed by atoms with Crippen LogP contribution < -0.4 is 0 Å². The number of aryl methyl sites for hydroxylation is 1. The lowest BCUT2D eigenvalue weighted by molar-refractivity contribution is 0.495. The number of halogens is 1. The number of alkyl halides is 1. The summed E-state index contributed by atoms with van der Waals surface area (Å²) in [6.45, 7) is -0.349. The molecule has 2 rings (SSSR count). The minimum atomic E-state index is -0.349. The number of benzene rings is 1. The minimum Gasteiger partial charge on any atom is -0.345 e. The van der Waals surface area contributed by atoms with E-state index in [4.69, 9.17) is 0 Å². The van der Waals surface area contributed by atoms with Gasteiger partial charge in [-0.25, -0.2) is 4.98 Å². The quantitative estimate of drug-likeness (QED) is 0.789. The summed E-state index contributed by atoms with van der Waals surface area (Å²) in [5.41, 5.74) is 1.85. The molecule has 3 heteroatoms. The summed E-state index contributed by atoms with van der Waals surface area (Å²) < 4.78 is 12.1. The van der Waals surface area contributed by atoms with Crippen LogP contribution in [0.15, 0.2) is 30.6 Å². The summed E-state index contributed by atoms with van der Waals surface area (Å²) in [6.07, 6.45) is 3.87. The number of imidazole rings is 1. The molecule has 0 saturated heterocycles. The monoisotopic (exact) mass is 189 g/mol. The second-order valence-corrected chi connectivity index (χ2v) is 2.98. The number of aromatic nitrogens is 2. The molecule has 0 bridgehead atoms. The molecule has 71 valence electrons. The Labute approximate surface area is 81.8 Å². The van der Waals surface area contributed by atoms with Crippen LogP contribution in [0.2, 0.25) is 0 Å².